The number of hydrogen-bond donors (Lipinski definition) is 1. The van der Waals surface area contributed by atoms with E-state index in [4.69, 9.17) is 9.47 Å². The zero-order chi connectivity index (χ0) is 15.8. The van der Waals surface area contributed by atoms with Gasteiger partial charge >= 0.3 is 12.1 Å². The van der Waals surface area contributed by atoms with Gasteiger partial charge in [0.2, 0.25) is 0 Å². The van der Waals surface area contributed by atoms with Crippen molar-refractivity contribution in [3.63, 3.8) is 0 Å². The third kappa shape index (κ3) is 2.96. The number of carbonyl (C=O) groups is 2. The van der Waals surface area contributed by atoms with Crippen molar-refractivity contribution in [2.24, 2.45) is 0 Å². The van der Waals surface area contributed by atoms with Crippen LogP contribution < -0.4 is 4.74 Å². The molecule has 0 saturated heterocycles. The van der Waals surface area contributed by atoms with Gasteiger partial charge in [-0.05, 0) is 32.9 Å². The minimum absolute atomic E-state index is 0.210. The van der Waals surface area contributed by atoms with E-state index in [9.17, 15) is 14.7 Å². The summed E-state index contributed by atoms with van der Waals surface area (Å²) in [4.78, 5) is 23.4. The summed E-state index contributed by atoms with van der Waals surface area (Å²) in [6.07, 6.45) is -0.742. The number of benzene rings is 1. The van der Waals surface area contributed by atoms with Crippen LogP contribution in [0.15, 0.2) is 18.2 Å². The Morgan fingerprint density at radius 1 is 1.29 bits per heavy atom. The molecule has 0 bridgehead atoms. The number of rotatable bonds is 2. The monoisotopic (exact) mass is 292 g/mol. The zero-order valence-corrected chi connectivity index (χ0v) is 12.2. The van der Waals surface area contributed by atoms with Crippen LogP contribution in [0.1, 0.15) is 31.3 Å². The molecule has 0 radical (unpaired) electrons. The second-order valence-corrected chi connectivity index (χ2v) is 5.43. The number of aromatic nitrogens is 2. The van der Waals surface area contributed by atoms with Crippen molar-refractivity contribution >= 4 is 23.0 Å². The molecule has 0 aliphatic carbocycles. The first-order chi connectivity index (χ1) is 9.73. The molecule has 2 aromatic rings. The van der Waals surface area contributed by atoms with E-state index in [-0.39, 0.29) is 5.69 Å². The Morgan fingerprint density at radius 2 is 1.95 bits per heavy atom. The molecule has 0 aliphatic heterocycles. The molecule has 1 aromatic carbocycles. The number of aromatic carboxylic acids is 1. The van der Waals surface area contributed by atoms with E-state index in [2.05, 4.69) is 5.10 Å². The highest BCUT2D eigenvalue weighted by Crippen LogP contribution is 2.24. The smallest absolute Gasteiger partial charge is 0.435 e. The first-order valence-corrected chi connectivity index (χ1v) is 6.26. The Morgan fingerprint density at radius 3 is 2.48 bits per heavy atom. The summed E-state index contributed by atoms with van der Waals surface area (Å²) in [5.74, 6) is -0.725. The quantitative estimate of drug-likeness (QED) is 0.914. The highest BCUT2D eigenvalue weighted by molar-refractivity contribution is 6.03. The molecule has 0 amide bonds. The van der Waals surface area contributed by atoms with E-state index in [1.165, 1.54) is 7.11 Å². The molecule has 21 heavy (non-hydrogen) atoms. The fraction of sp³-hybridized carbons (Fsp3) is 0.357. The summed E-state index contributed by atoms with van der Waals surface area (Å²) >= 11 is 0. The van der Waals surface area contributed by atoms with Crippen molar-refractivity contribution in [1.29, 1.82) is 0 Å². The minimum Gasteiger partial charge on any atom is -0.497 e. The molecular weight excluding hydrogens is 276 g/mol. The molecule has 2 rings (SSSR count). The van der Waals surface area contributed by atoms with Gasteiger partial charge in [-0.2, -0.15) is 9.78 Å². The molecule has 1 N–H and O–H groups in total. The van der Waals surface area contributed by atoms with Crippen LogP contribution in [0.4, 0.5) is 4.79 Å². The Hall–Kier alpha value is -2.57. The number of carboxylic acid groups (broad SMARTS) is 1. The highest BCUT2D eigenvalue weighted by atomic mass is 16.6. The third-order valence-corrected chi connectivity index (χ3v) is 2.66. The normalized spacial score (nSPS) is 11.4. The number of nitrogens with zero attached hydrogens (tertiary/aromatic N) is 2. The average molecular weight is 292 g/mol. The maximum Gasteiger partial charge on any atom is 0.435 e. The van der Waals surface area contributed by atoms with Gasteiger partial charge in [-0.25, -0.2) is 9.59 Å². The summed E-state index contributed by atoms with van der Waals surface area (Å²) < 4.78 is 11.3. The van der Waals surface area contributed by atoms with Crippen molar-refractivity contribution in [3.05, 3.63) is 23.9 Å². The largest absolute Gasteiger partial charge is 0.497 e. The maximum absolute atomic E-state index is 12.2. The van der Waals surface area contributed by atoms with Gasteiger partial charge in [0.25, 0.3) is 0 Å². The first-order valence-electron chi connectivity index (χ1n) is 6.26. The summed E-state index contributed by atoms with van der Waals surface area (Å²) in [6, 6.07) is 4.69. The van der Waals surface area contributed by atoms with Crippen molar-refractivity contribution in [1.82, 2.24) is 9.78 Å². The molecule has 0 saturated carbocycles. The average Bonchev–Trinajstić information content (AvgIpc) is 2.75. The van der Waals surface area contributed by atoms with Gasteiger partial charge < -0.3 is 14.6 Å². The lowest BCUT2D eigenvalue weighted by Gasteiger charge is -2.19. The summed E-state index contributed by atoms with van der Waals surface area (Å²) in [7, 11) is 1.48. The lowest BCUT2D eigenvalue weighted by atomic mass is 10.2. The van der Waals surface area contributed by atoms with E-state index < -0.39 is 17.7 Å². The number of methoxy groups -OCH3 is 1. The number of ether oxygens (including phenoxy) is 2. The molecule has 0 aliphatic rings. The van der Waals surface area contributed by atoms with Crippen molar-refractivity contribution in [3.8, 4) is 5.75 Å². The minimum atomic E-state index is -1.22. The highest BCUT2D eigenvalue weighted by Gasteiger charge is 2.24. The number of hydrogen-bond acceptors (Lipinski definition) is 5. The van der Waals surface area contributed by atoms with Crippen molar-refractivity contribution in [2.45, 2.75) is 26.4 Å². The fourth-order valence-electron chi connectivity index (χ4n) is 1.82. The molecule has 7 nitrogen and oxygen atoms in total. The molecule has 0 fully saturated rings. The predicted octanol–water partition coefficient (Wildman–Crippen LogP) is 2.53. The molecule has 0 unspecified atom stereocenters. The van der Waals surface area contributed by atoms with Crippen LogP contribution in [-0.2, 0) is 4.74 Å². The predicted molar refractivity (Wildman–Crippen MR) is 74.9 cm³/mol. The summed E-state index contributed by atoms with van der Waals surface area (Å²) in [5, 5.41) is 13.4. The lowest BCUT2D eigenvalue weighted by Crippen LogP contribution is -2.27. The first kappa shape index (κ1) is 14.8. The van der Waals surface area contributed by atoms with E-state index in [1.54, 1.807) is 39.0 Å². The molecule has 7 heteroatoms. The van der Waals surface area contributed by atoms with Crippen LogP contribution in [-0.4, -0.2) is 39.7 Å². The van der Waals surface area contributed by atoms with Gasteiger partial charge in [-0.15, -0.1) is 0 Å². The van der Waals surface area contributed by atoms with Crippen LogP contribution in [0.5, 0.6) is 5.75 Å². The fourth-order valence-corrected chi connectivity index (χ4v) is 1.82. The van der Waals surface area contributed by atoms with E-state index in [1.807, 2.05) is 0 Å². The van der Waals surface area contributed by atoms with Gasteiger partial charge in [0.1, 0.15) is 11.4 Å². The lowest BCUT2D eigenvalue weighted by molar-refractivity contribution is 0.0521. The van der Waals surface area contributed by atoms with Crippen LogP contribution in [0.3, 0.4) is 0 Å². The van der Waals surface area contributed by atoms with E-state index in [0.717, 1.165) is 4.68 Å². The third-order valence-electron chi connectivity index (χ3n) is 2.66. The van der Waals surface area contributed by atoms with Gasteiger partial charge in [0, 0.05) is 11.5 Å². The topological polar surface area (TPSA) is 90.6 Å². The number of carbonyl (C=O) groups excluding carboxylic acids is 1. The standard InChI is InChI=1S/C14H16N2O5/c1-14(2,3)21-13(19)16-10-7-8(20-4)5-6-9(10)11(15-16)12(17)18/h5-7H,1-4H3,(H,17,18). The summed E-state index contributed by atoms with van der Waals surface area (Å²) in [6.45, 7) is 5.15. The van der Waals surface area contributed by atoms with Crippen LogP contribution in [0, 0.1) is 0 Å². The Kier molecular flexibility index (Phi) is 3.59. The van der Waals surface area contributed by atoms with Gasteiger partial charge in [-0.1, -0.05) is 0 Å². The molecular formula is C14H16N2O5. The Labute approximate surface area is 121 Å². The van der Waals surface area contributed by atoms with Gasteiger partial charge in [0.15, 0.2) is 5.69 Å². The van der Waals surface area contributed by atoms with Crippen molar-refractivity contribution < 1.29 is 24.2 Å². The second kappa shape index (κ2) is 5.08. The second-order valence-electron chi connectivity index (χ2n) is 5.43. The Bertz CT molecular complexity index is 712. The number of fused-ring (bicyclic) bond motifs is 1. The molecule has 1 aromatic heterocycles. The SMILES string of the molecule is COc1ccc2c(C(=O)O)nn(C(=O)OC(C)(C)C)c2c1. The van der Waals surface area contributed by atoms with E-state index in [0.29, 0.717) is 16.7 Å². The van der Waals surface area contributed by atoms with Crippen LogP contribution in [0.25, 0.3) is 10.9 Å². The summed E-state index contributed by atoms with van der Waals surface area (Å²) in [5.41, 5.74) is -0.600. The molecule has 112 valence electrons. The van der Waals surface area contributed by atoms with Crippen LogP contribution >= 0.6 is 0 Å². The molecule has 0 atom stereocenters. The molecule has 1 heterocycles. The van der Waals surface area contributed by atoms with Gasteiger partial charge in [0.05, 0.1) is 12.6 Å². The van der Waals surface area contributed by atoms with Crippen molar-refractivity contribution in [2.75, 3.05) is 7.11 Å². The van der Waals surface area contributed by atoms with Gasteiger partial charge in [-0.3, -0.25) is 0 Å². The zero-order valence-electron chi connectivity index (χ0n) is 12.2. The number of carboxylic acids is 1. The van der Waals surface area contributed by atoms with Crippen LogP contribution in [0.2, 0.25) is 0 Å². The Balaban J connectivity index is 2.61. The van der Waals surface area contributed by atoms with E-state index >= 15 is 0 Å². The maximum atomic E-state index is 12.2. The molecule has 0 spiro atoms.